The Morgan fingerprint density at radius 3 is 2.90 bits per heavy atom. The van der Waals surface area contributed by atoms with Gasteiger partial charge >= 0.3 is 0 Å². The molecule has 3 rings (SSSR count). The molecule has 0 fully saturated rings. The van der Waals surface area contributed by atoms with Crippen molar-refractivity contribution < 1.29 is 4.39 Å². The molecule has 0 amide bonds. The summed E-state index contributed by atoms with van der Waals surface area (Å²) in [6, 6.07) is 9.90. The van der Waals surface area contributed by atoms with Crippen LogP contribution in [0, 0.1) is 12.7 Å². The van der Waals surface area contributed by atoms with E-state index in [9.17, 15) is 4.39 Å². The monoisotopic (exact) mass is 348 g/mol. The van der Waals surface area contributed by atoms with E-state index in [1.165, 1.54) is 16.8 Å². The number of fused-ring (bicyclic) bond motifs is 1. The number of hydrogen-bond acceptors (Lipinski definition) is 2. The summed E-state index contributed by atoms with van der Waals surface area (Å²) in [5.41, 5.74) is 5.82. The van der Waals surface area contributed by atoms with E-state index in [1.807, 2.05) is 6.92 Å². The first kappa shape index (κ1) is 14.4. The molecular formula is C17H18BrFN2. The number of nitrogens with one attached hydrogen (secondary N) is 1. The molecule has 1 aliphatic heterocycles. The SMILES string of the molecule is Cc1cc(Br)c(F)cc1NCc1ccc2c(c1)CCN2C. The Morgan fingerprint density at radius 1 is 1.29 bits per heavy atom. The average molecular weight is 349 g/mol. The molecule has 2 nitrogen and oxygen atoms in total. The Morgan fingerprint density at radius 2 is 2.10 bits per heavy atom. The van der Waals surface area contributed by atoms with Crippen molar-refractivity contribution in [2.45, 2.75) is 19.9 Å². The van der Waals surface area contributed by atoms with Crippen molar-refractivity contribution >= 4 is 27.3 Å². The third-order valence-corrected chi connectivity index (χ3v) is 4.63. The van der Waals surface area contributed by atoms with E-state index in [1.54, 1.807) is 12.1 Å². The molecule has 0 aromatic heterocycles. The molecule has 0 radical (unpaired) electrons. The third-order valence-electron chi connectivity index (χ3n) is 4.02. The van der Waals surface area contributed by atoms with Crippen molar-refractivity contribution in [1.82, 2.24) is 0 Å². The van der Waals surface area contributed by atoms with Crippen LogP contribution in [0.1, 0.15) is 16.7 Å². The first-order valence-corrected chi connectivity index (χ1v) is 7.86. The molecule has 0 aliphatic carbocycles. The second kappa shape index (κ2) is 5.68. The fourth-order valence-corrected chi connectivity index (χ4v) is 3.22. The second-order valence-electron chi connectivity index (χ2n) is 5.57. The molecule has 0 spiro atoms. The summed E-state index contributed by atoms with van der Waals surface area (Å²) in [5, 5.41) is 3.33. The van der Waals surface area contributed by atoms with Crippen LogP contribution in [0.15, 0.2) is 34.8 Å². The van der Waals surface area contributed by atoms with Crippen LogP contribution in [-0.4, -0.2) is 13.6 Å². The zero-order valence-corrected chi connectivity index (χ0v) is 13.8. The van der Waals surface area contributed by atoms with E-state index in [4.69, 9.17) is 0 Å². The summed E-state index contributed by atoms with van der Waals surface area (Å²) in [4.78, 5) is 2.28. The van der Waals surface area contributed by atoms with Crippen LogP contribution in [0.25, 0.3) is 0 Å². The number of halogens is 2. The largest absolute Gasteiger partial charge is 0.381 e. The molecule has 21 heavy (non-hydrogen) atoms. The van der Waals surface area contributed by atoms with Gasteiger partial charge < -0.3 is 10.2 Å². The Balaban J connectivity index is 1.75. The Hall–Kier alpha value is -1.55. The maximum Gasteiger partial charge on any atom is 0.139 e. The Kier molecular flexibility index (Phi) is 3.89. The Bertz CT molecular complexity index is 685. The fourth-order valence-electron chi connectivity index (χ4n) is 2.76. The lowest BCUT2D eigenvalue weighted by atomic mass is 10.1. The first-order valence-electron chi connectivity index (χ1n) is 7.07. The number of hydrogen-bond donors (Lipinski definition) is 1. The van der Waals surface area contributed by atoms with E-state index in [0.29, 0.717) is 11.0 Å². The van der Waals surface area contributed by atoms with Gasteiger partial charge in [-0.1, -0.05) is 12.1 Å². The molecule has 2 aromatic rings. The van der Waals surface area contributed by atoms with Gasteiger partial charge in [-0.15, -0.1) is 0 Å². The third kappa shape index (κ3) is 2.91. The lowest BCUT2D eigenvalue weighted by molar-refractivity contribution is 0.621. The summed E-state index contributed by atoms with van der Waals surface area (Å²) < 4.78 is 14.1. The predicted molar refractivity (Wildman–Crippen MR) is 89.6 cm³/mol. The molecule has 4 heteroatoms. The van der Waals surface area contributed by atoms with Crippen molar-refractivity contribution in [3.8, 4) is 0 Å². The molecular weight excluding hydrogens is 331 g/mol. The molecule has 110 valence electrons. The van der Waals surface area contributed by atoms with Crippen molar-refractivity contribution in [3.05, 3.63) is 57.3 Å². The van der Waals surface area contributed by atoms with Crippen LogP contribution >= 0.6 is 15.9 Å². The molecule has 0 unspecified atom stereocenters. The average Bonchev–Trinajstić information content (AvgIpc) is 2.82. The molecule has 0 saturated heterocycles. The topological polar surface area (TPSA) is 15.3 Å². The van der Waals surface area contributed by atoms with Gasteiger partial charge in [0.2, 0.25) is 0 Å². The molecule has 0 atom stereocenters. The van der Waals surface area contributed by atoms with Gasteiger partial charge in [0.05, 0.1) is 4.47 Å². The summed E-state index contributed by atoms with van der Waals surface area (Å²) in [6.45, 7) is 3.77. The Labute approximate surface area is 133 Å². The van der Waals surface area contributed by atoms with E-state index in [2.05, 4.69) is 51.4 Å². The van der Waals surface area contributed by atoms with Gasteiger partial charge in [0.25, 0.3) is 0 Å². The summed E-state index contributed by atoms with van der Waals surface area (Å²) in [6.07, 6.45) is 1.10. The number of nitrogens with zero attached hydrogens (tertiary/aromatic N) is 1. The predicted octanol–water partition coefficient (Wildman–Crippen LogP) is 4.50. The van der Waals surface area contributed by atoms with E-state index < -0.39 is 0 Å². The van der Waals surface area contributed by atoms with E-state index in [-0.39, 0.29) is 5.82 Å². The summed E-state index contributed by atoms with van der Waals surface area (Å²) in [7, 11) is 2.12. The number of rotatable bonds is 3. The van der Waals surface area contributed by atoms with Gasteiger partial charge in [0.1, 0.15) is 5.82 Å². The molecule has 1 aliphatic rings. The van der Waals surface area contributed by atoms with Crippen LogP contribution in [0.3, 0.4) is 0 Å². The number of likely N-dealkylation sites (N-methyl/N-ethyl adjacent to an activating group) is 1. The molecule has 0 saturated carbocycles. The molecule has 1 heterocycles. The minimum Gasteiger partial charge on any atom is -0.381 e. The zero-order valence-electron chi connectivity index (χ0n) is 12.2. The lowest BCUT2D eigenvalue weighted by Gasteiger charge is -2.14. The highest BCUT2D eigenvalue weighted by Gasteiger charge is 2.15. The van der Waals surface area contributed by atoms with Gasteiger partial charge in [-0.2, -0.15) is 0 Å². The lowest BCUT2D eigenvalue weighted by Crippen LogP contribution is -2.12. The van der Waals surface area contributed by atoms with E-state index >= 15 is 0 Å². The maximum atomic E-state index is 13.6. The highest BCUT2D eigenvalue weighted by atomic mass is 79.9. The highest BCUT2D eigenvalue weighted by molar-refractivity contribution is 9.10. The van der Waals surface area contributed by atoms with E-state index in [0.717, 1.165) is 24.2 Å². The summed E-state index contributed by atoms with van der Waals surface area (Å²) in [5.74, 6) is -0.237. The summed E-state index contributed by atoms with van der Waals surface area (Å²) >= 11 is 3.21. The smallest absolute Gasteiger partial charge is 0.139 e. The van der Waals surface area contributed by atoms with Gasteiger partial charge in [-0.3, -0.25) is 0 Å². The van der Waals surface area contributed by atoms with Crippen LogP contribution in [0.5, 0.6) is 0 Å². The second-order valence-corrected chi connectivity index (χ2v) is 6.42. The normalized spacial score (nSPS) is 13.4. The van der Waals surface area contributed by atoms with Crippen LogP contribution in [0.4, 0.5) is 15.8 Å². The van der Waals surface area contributed by atoms with Crippen molar-refractivity contribution in [2.75, 3.05) is 23.8 Å². The number of anilines is 2. The van der Waals surface area contributed by atoms with Gasteiger partial charge in [0.15, 0.2) is 0 Å². The van der Waals surface area contributed by atoms with Crippen molar-refractivity contribution in [3.63, 3.8) is 0 Å². The quantitative estimate of drug-likeness (QED) is 0.878. The number of aryl methyl sites for hydroxylation is 1. The number of benzene rings is 2. The molecule has 0 bridgehead atoms. The van der Waals surface area contributed by atoms with Crippen molar-refractivity contribution in [2.24, 2.45) is 0 Å². The minimum absolute atomic E-state index is 0.237. The van der Waals surface area contributed by atoms with Crippen molar-refractivity contribution in [1.29, 1.82) is 0 Å². The molecule has 2 aromatic carbocycles. The zero-order chi connectivity index (χ0) is 15.0. The van der Waals surface area contributed by atoms with Crippen LogP contribution in [-0.2, 0) is 13.0 Å². The van der Waals surface area contributed by atoms with Gasteiger partial charge in [-0.05, 0) is 64.2 Å². The minimum atomic E-state index is -0.237. The van der Waals surface area contributed by atoms with Crippen LogP contribution < -0.4 is 10.2 Å². The van der Waals surface area contributed by atoms with Gasteiger partial charge in [-0.25, -0.2) is 4.39 Å². The standard InChI is InChI=1S/C17H18BrFN2/c1-11-7-14(18)15(19)9-16(11)20-10-12-3-4-17-13(8-12)5-6-21(17)2/h3-4,7-9,20H,5-6,10H2,1-2H3. The van der Waals surface area contributed by atoms with Gasteiger partial charge in [0, 0.05) is 31.5 Å². The first-order chi connectivity index (χ1) is 10.0. The highest BCUT2D eigenvalue weighted by Crippen LogP contribution is 2.28. The van der Waals surface area contributed by atoms with Crippen LogP contribution in [0.2, 0.25) is 0 Å². The molecule has 1 N–H and O–H groups in total. The maximum absolute atomic E-state index is 13.6. The fraction of sp³-hybridized carbons (Fsp3) is 0.294.